The summed E-state index contributed by atoms with van der Waals surface area (Å²) < 4.78 is 5.50. The summed E-state index contributed by atoms with van der Waals surface area (Å²) >= 11 is 1.26. The number of aromatic nitrogens is 3. The van der Waals surface area contributed by atoms with Gasteiger partial charge in [-0.15, -0.1) is 10.2 Å². The highest BCUT2D eigenvalue weighted by Gasteiger charge is 2.18. The van der Waals surface area contributed by atoms with Gasteiger partial charge in [0.25, 0.3) is 11.1 Å². The van der Waals surface area contributed by atoms with Crippen molar-refractivity contribution in [3.63, 3.8) is 0 Å². The molecule has 0 fully saturated rings. The fourth-order valence-electron chi connectivity index (χ4n) is 1.48. The van der Waals surface area contributed by atoms with E-state index >= 15 is 0 Å². The number of thioether (sulfide) groups is 1. The van der Waals surface area contributed by atoms with Crippen molar-refractivity contribution in [2.24, 2.45) is 5.92 Å². The number of hydrogen-bond donors (Lipinski definition) is 2. The van der Waals surface area contributed by atoms with Gasteiger partial charge in [0.05, 0.1) is 5.25 Å². The highest BCUT2D eigenvalue weighted by atomic mass is 32.2. The third kappa shape index (κ3) is 3.86. The molecule has 2 aromatic heterocycles. The molecule has 20 heavy (non-hydrogen) atoms. The molecule has 2 aromatic rings. The van der Waals surface area contributed by atoms with Gasteiger partial charge in [-0.3, -0.25) is 4.79 Å². The quantitative estimate of drug-likeness (QED) is 0.799. The first-order chi connectivity index (χ1) is 9.56. The molecule has 6 nitrogen and oxygen atoms in total. The van der Waals surface area contributed by atoms with Crippen molar-refractivity contribution in [3.8, 4) is 11.6 Å². The largest absolute Gasteiger partial charge is 0.410 e. The summed E-state index contributed by atoms with van der Waals surface area (Å²) in [6.07, 6.45) is 1.79. The van der Waals surface area contributed by atoms with Crippen LogP contribution in [0, 0.1) is 5.92 Å². The Morgan fingerprint density at radius 3 is 2.90 bits per heavy atom. The van der Waals surface area contributed by atoms with E-state index in [-0.39, 0.29) is 11.2 Å². The molecule has 108 valence electrons. The summed E-state index contributed by atoms with van der Waals surface area (Å²) in [6, 6.07) is 3.70. The molecule has 2 heterocycles. The van der Waals surface area contributed by atoms with E-state index in [1.54, 1.807) is 6.20 Å². The average molecular weight is 294 g/mol. The fraction of sp³-hybridized carbons (Fsp3) is 0.462. The molecule has 2 rings (SSSR count). The minimum atomic E-state index is -0.273. The van der Waals surface area contributed by atoms with Crippen molar-refractivity contribution in [1.29, 1.82) is 0 Å². The summed E-state index contributed by atoms with van der Waals surface area (Å²) in [7, 11) is 0. The zero-order chi connectivity index (χ0) is 14.5. The second-order valence-electron chi connectivity index (χ2n) is 4.86. The first-order valence-corrected chi connectivity index (χ1v) is 7.36. The summed E-state index contributed by atoms with van der Waals surface area (Å²) in [4.78, 5) is 14.9. The molecule has 0 unspecified atom stereocenters. The van der Waals surface area contributed by atoms with Crippen LogP contribution in [0.1, 0.15) is 20.8 Å². The highest BCUT2D eigenvalue weighted by molar-refractivity contribution is 8.00. The van der Waals surface area contributed by atoms with Gasteiger partial charge in [-0.05, 0) is 25.0 Å². The molecule has 7 heteroatoms. The van der Waals surface area contributed by atoms with E-state index in [2.05, 4.69) is 34.3 Å². The first kappa shape index (κ1) is 14.6. The van der Waals surface area contributed by atoms with Crippen molar-refractivity contribution in [2.75, 3.05) is 6.54 Å². The van der Waals surface area contributed by atoms with Gasteiger partial charge in [-0.25, -0.2) is 0 Å². The minimum absolute atomic E-state index is 0.0247. The van der Waals surface area contributed by atoms with Gasteiger partial charge in [0.2, 0.25) is 5.91 Å². The predicted molar refractivity (Wildman–Crippen MR) is 77.3 cm³/mol. The van der Waals surface area contributed by atoms with Crippen molar-refractivity contribution in [1.82, 2.24) is 20.5 Å². The van der Waals surface area contributed by atoms with Gasteiger partial charge >= 0.3 is 0 Å². The van der Waals surface area contributed by atoms with Gasteiger partial charge in [0.15, 0.2) is 0 Å². The van der Waals surface area contributed by atoms with E-state index in [9.17, 15) is 4.79 Å². The van der Waals surface area contributed by atoms with Gasteiger partial charge in [0, 0.05) is 12.7 Å². The monoisotopic (exact) mass is 294 g/mol. The van der Waals surface area contributed by atoms with E-state index in [1.807, 2.05) is 19.1 Å². The standard InChI is InChI=1S/C13H18N4O2S/c1-8(2)7-15-11(18)9(3)20-13-17-16-12(19-13)10-5-4-6-14-10/h4-6,8-9,14H,7H2,1-3H3,(H,15,18)/t9-/m1/s1. The molecule has 0 aliphatic rings. The Kier molecular flexibility index (Phi) is 4.84. The molecular weight excluding hydrogens is 276 g/mol. The molecule has 2 N–H and O–H groups in total. The summed E-state index contributed by atoms with van der Waals surface area (Å²) in [5.74, 6) is 0.828. The molecule has 0 aliphatic heterocycles. The number of aromatic amines is 1. The van der Waals surface area contributed by atoms with Crippen LogP contribution in [-0.4, -0.2) is 32.9 Å². The smallest absolute Gasteiger partial charge is 0.277 e. The second kappa shape index (κ2) is 6.60. The van der Waals surface area contributed by atoms with Crippen LogP contribution in [0.25, 0.3) is 11.6 Å². The van der Waals surface area contributed by atoms with Crippen LogP contribution in [0.5, 0.6) is 0 Å². The third-order valence-corrected chi connectivity index (χ3v) is 3.50. The topological polar surface area (TPSA) is 83.8 Å². The molecule has 0 aliphatic carbocycles. The molecule has 0 aromatic carbocycles. The Morgan fingerprint density at radius 2 is 2.25 bits per heavy atom. The number of H-pyrrole nitrogens is 1. The van der Waals surface area contributed by atoms with Crippen molar-refractivity contribution in [3.05, 3.63) is 18.3 Å². The van der Waals surface area contributed by atoms with E-state index in [4.69, 9.17) is 4.42 Å². The lowest BCUT2D eigenvalue weighted by Gasteiger charge is -2.11. The number of carbonyl (C=O) groups excluding carboxylic acids is 1. The zero-order valence-electron chi connectivity index (χ0n) is 11.7. The molecular formula is C13H18N4O2S. The lowest BCUT2D eigenvalue weighted by atomic mass is 10.2. The molecule has 0 bridgehead atoms. The normalized spacial score (nSPS) is 12.6. The molecule has 0 spiro atoms. The third-order valence-electron chi connectivity index (χ3n) is 2.57. The number of nitrogens with zero attached hydrogens (tertiary/aromatic N) is 2. The van der Waals surface area contributed by atoms with Gasteiger partial charge < -0.3 is 14.7 Å². The molecule has 0 saturated carbocycles. The number of hydrogen-bond acceptors (Lipinski definition) is 5. The lowest BCUT2D eigenvalue weighted by Crippen LogP contribution is -2.33. The van der Waals surface area contributed by atoms with Crippen molar-refractivity contribution >= 4 is 17.7 Å². The van der Waals surface area contributed by atoms with E-state index in [1.165, 1.54) is 11.8 Å². The maximum absolute atomic E-state index is 11.9. The zero-order valence-corrected chi connectivity index (χ0v) is 12.5. The average Bonchev–Trinajstić information content (AvgIpc) is 3.05. The molecule has 0 saturated heterocycles. The van der Waals surface area contributed by atoms with Crippen LogP contribution in [0.4, 0.5) is 0 Å². The number of carbonyl (C=O) groups is 1. The Balaban J connectivity index is 1.91. The van der Waals surface area contributed by atoms with Crippen molar-refractivity contribution in [2.45, 2.75) is 31.2 Å². The number of amides is 1. The van der Waals surface area contributed by atoms with Gasteiger partial charge in [-0.1, -0.05) is 25.6 Å². The van der Waals surface area contributed by atoms with E-state index in [0.29, 0.717) is 23.6 Å². The number of nitrogens with one attached hydrogen (secondary N) is 2. The second-order valence-corrected chi connectivity index (χ2v) is 6.15. The molecule has 1 amide bonds. The van der Waals surface area contributed by atoms with Gasteiger partial charge in [0.1, 0.15) is 5.69 Å². The van der Waals surface area contributed by atoms with Crippen LogP contribution in [-0.2, 0) is 4.79 Å². The summed E-state index contributed by atoms with van der Waals surface area (Å²) in [5.41, 5.74) is 0.765. The maximum Gasteiger partial charge on any atom is 0.277 e. The van der Waals surface area contributed by atoms with Crippen LogP contribution >= 0.6 is 11.8 Å². The summed E-state index contributed by atoms with van der Waals surface area (Å²) in [5, 5.41) is 10.9. The molecule has 1 atom stereocenters. The Hall–Kier alpha value is -1.76. The van der Waals surface area contributed by atoms with Crippen LogP contribution < -0.4 is 5.32 Å². The Bertz CT molecular complexity index is 550. The van der Waals surface area contributed by atoms with E-state index < -0.39 is 0 Å². The number of rotatable bonds is 6. The highest BCUT2D eigenvalue weighted by Crippen LogP contribution is 2.25. The molecule has 0 radical (unpaired) electrons. The van der Waals surface area contributed by atoms with Crippen LogP contribution in [0.15, 0.2) is 28.0 Å². The fourth-order valence-corrected chi connectivity index (χ4v) is 2.19. The lowest BCUT2D eigenvalue weighted by molar-refractivity contribution is -0.120. The minimum Gasteiger partial charge on any atom is -0.410 e. The SMILES string of the molecule is CC(C)CNC(=O)[C@@H](C)Sc1nnc(-c2ccc[nH]2)o1. The van der Waals surface area contributed by atoms with Crippen molar-refractivity contribution < 1.29 is 9.21 Å². The van der Waals surface area contributed by atoms with Gasteiger partial charge in [-0.2, -0.15) is 0 Å². The van der Waals surface area contributed by atoms with Crippen LogP contribution in [0.2, 0.25) is 0 Å². The Morgan fingerprint density at radius 1 is 1.45 bits per heavy atom. The predicted octanol–water partition coefficient (Wildman–Crippen LogP) is 2.32. The summed E-state index contributed by atoms with van der Waals surface area (Å²) in [6.45, 7) is 6.59. The first-order valence-electron chi connectivity index (χ1n) is 6.48. The Labute approximate surface area is 121 Å². The van der Waals surface area contributed by atoms with Crippen LogP contribution in [0.3, 0.4) is 0 Å². The maximum atomic E-state index is 11.9. The van der Waals surface area contributed by atoms with E-state index in [0.717, 1.165) is 5.69 Å².